The monoisotopic (exact) mass is 686 g/mol. The third-order valence-electron chi connectivity index (χ3n) is 6.47. The number of ether oxygens (including phenoxy) is 3. The van der Waals surface area contributed by atoms with Crippen LogP contribution in [-0.2, 0) is 33.4 Å². The van der Waals surface area contributed by atoms with E-state index in [-0.39, 0.29) is 52.7 Å². The molecule has 250 valence electrons. The van der Waals surface area contributed by atoms with Crippen molar-refractivity contribution in [3.8, 4) is 0 Å². The number of alkyl halides is 1. The van der Waals surface area contributed by atoms with Gasteiger partial charge in [-0.2, -0.15) is 14.5 Å². The Kier molecular flexibility index (Phi) is 11.6. The number of nitrogens with zero attached hydrogens (tertiary/aromatic N) is 6. The fourth-order valence-corrected chi connectivity index (χ4v) is 6.25. The molecule has 20 nitrogen and oxygen atoms in total. The van der Waals surface area contributed by atoms with E-state index in [9.17, 15) is 23.6 Å². The summed E-state index contributed by atoms with van der Waals surface area (Å²) in [5.74, 6) is 2.54. The van der Waals surface area contributed by atoms with Gasteiger partial charge in [0, 0.05) is 62.5 Å². The molecule has 4 heterocycles. The number of halogens is 1. The first-order valence-electron chi connectivity index (χ1n) is 13.5. The Hall–Kier alpha value is -4.61. The molecule has 0 radical (unpaired) electrons. The summed E-state index contributed by atoms with van der Waals surface area (Å²) in [7, 11) is 0. The molecule has 4 rings (SSSR count). The number of hydrogen-bond acceptors (Lipinski definition) is 19. The van der Waals surface area contributed by atoms with Crippen LogP contribution in [0.1, 0.15) is 12.7 Å². The van der Waals surface area contributed by atoms with Gasteiger partial charge in [-0.15, -0.1) is 11.8 Å². The second kappa shape index (κ2) is 15.6. The van der Waals surface area contributed by atoms with Crippen LogP contribution in [0.4, 0.5) is 14.3 Å². The normalized spacial score (nSPS) is 20.7. The van der Waals surface area contributed by atoms with Gasteiger partial charge in [0.15, 0.2) is 5.13 Å². The average molecular weight is 687 g/mol. The van der Waals surface area contributed by atoms with Gasteiger partial charge in [0.2, 0.25) is 17.8 Å². The van der Waals surface area contributed by atoms with Gasteiger partial charge in [-0.3, -0.25) is 19.9 Å². The standard InChI is InChI=1S/C23H31FN12O8S2/c1-10(44-23(40)41-7-2-25)43-21(39)15-11(12(32-28)16(26)35-5-3-29-4-6-35)8-45-20-14(19(38)36(15)20)30-18(37)13(33-42-9-24)17-31-22(27)46-34-17/h10,14,20,26,29H,2-9,25,28H2,1H3,(H,30,37)(H2,27,31,34)/b26-16?,32-12+,33-13-. The summed E-state index contributed by atoms with van der Waals surface area (Å²) in [6.45, 7) is 1.91. The van der Waals surface area contributed by atoms with Crippen LogP contribution in [0.2, 0.25) is 0 Å². The molecule has 2 amide bonds. The second-order valence-electron chi connectivity index (χ2n) is 9.36. The molecule has 3 aliphatic rings. The first-order chi connectivity index (χ1) is 22.1. The molecule has 23 heteroatoms. The SMILES string of the molecule is CC(OC(=O)OCCN)OC(=O)C1=C(/C(=N\N)C(=N)N2CCNCC2)CSC2C(NC(=O)/C(=N\OCF)c3nsc(N)n3)C(=O)N12. The molecule has 3 aliphatic heterocycles. The molecule has 0 bridgehead atoms. The van der Waals surface area contributed by atoms with E-state index in [2.05, 4.69) is 35.1 Å². The van der Waals surface area contributed by atoms with Gasteiger partial charge in [-0.25, -0.2) is 14.0 Å². The predicted octanol–water partition coefficient (Wildman–Crippen LogP) is -2.38. The number of amides is 2. The molecule has 0 spiro atoms. The lowest BCUT2D eigenvalue weighted by atomic mass is 9.99. The number of nitrogen functional groups attached to an aromatic ring is 1. The Morgan fingerprint density at radius 3 is 2.63 bits per heavy atom. The van der Waals surface area contributed by atoms with Crippen LogP contribution in [0.25, 0.3) is 0 Å². The topological polar surface area (TPSA) is 288 Å². The minimum absolute atomic E-state index is 0.0000856. The largest absolute Gasteiger partial charge is 0.511 e. The number of β-lactam (4-membered cyclic amide) rings is 1. The number of amidine groups is 1. The maximum atomic E-state index is 13.6. The number of piperazine rings is 1. The first-order valence-corrected chi connectivity index (χ1v) is 15.3. The zero-order valence-electron chi connectivity index (χ0n) is 24.3. The minimum atomic E-state index is -1.47. The summed E-state index contributed by atoms with van der Waals surface area (Å²) in [5.41, 5.74) is 10.1. The van der Waals surface area contributed by atoms with Crippen LogP contribution in [-0.4, -0.2) is 130 Å². The number of thioether (sulfide) groups is 1. The van der Waals surface area contributed by atoms with Gasteiger partial charge in [0.1, 0.15) is 35.3 Å². The van der Waals surface area contributed by atoms with Gasteiger partial charge >= 0.3 is 12.1 Å². The van der Waals surface area contributed by atoms with E-state index in [1.54, 1.807) is 4.90 Å². The number of rotatable bonds is 12. The zero-order chi connectivity index (χ0) is 33.4. The van der Waals surface area contributed by atoms with Crippen molar-refractivity contribution in [2.75, 3.05) is 57.7 Å². The Morgan fingerprint density at radius 2 is 2.00 bits per heavy atom. The predicted molar refractivity (Wildman–Crippen MR) is 161 cm³/mol. The van der Waals surface area contributed by atoms with Crippen molar-refractivity contribution < 1.29 is 42.6 Å². The van der Waals surface area contributed by atoms with Crippen LogP contribution < -0.4 is 27.9 Å². The number of esters is 1. The van der Waals surface area contributed by atoms with Crippen molar-refractivity contribution in [3.63, 3.8) is 0 Å². The van der Waals surface area contributed by atoms with E-state index in [0.29, 0.717) is 26.2 Å². The van der Waals surface area contributed by atoms with Crippen LogP contribution in [0.3, 0.4) is 0 Å². The van der Waals surface area contributed by atoms with Crippen LogP contribution in [0.15, 0.2) is 21.5 Å². The fraction of sp³-hybridized carbons (Fsp3) is 0.522. The number of fused-ring (bicyclic) bond motifs is 1. The molecule has 2 fully saturated rings. The lowest BCUT2D eigenvalue weighted by molar-refractivity contribution is -0.168. The van der Waals surface area contributed by atoms with Crippen molar-refractivity contribution in [1.29, 1.82) is 5.41 Å². The van der Waals surface area contributed by atoms with E-state index in [0.717, 1.165) is 28.2 Å². The van der Waals surface area contributed by atoms with Gasteiger partial charge in [-0.05, 0) is 0 Å². The number of aromatic nitrogens is 2. The zero-order valence-corrected chi connectivity index (χ0v) is 25.9. The van der Waals surface area contributed by atoms with Crippen molar-refractivity contribution >= 4 is 69.6 Å². The van der Waals surface area contributed by atoms with Crippen molar-refractivity contribution in [2.24, 2.45) is 21.8 Å². The van der Waals surface area contributed by atoms with Crippen LogP contribution in [0.5, 0.6) is 0 Å². The number of carbonyl (C=O) groups excluding carboxylic acids is 4. The van der Waals surface area contributed by atoms with E-state index < -0.39 is 54.2 Å². The highest BCUT2D eigenvalue weighted by atomic mass is 32.2. The van der Waals surface area contributed by atoms with Gasteiger partial charge in [0.05, 0.1) is 0 Å². The maximum Gasteiger partial charge on any atom is 0.511 e. The number of nitrogens with two attached hydrogens (primary N) is 3. The number of oxime groups is 1. The Balaban J connectivity index is 1.61. The molecule has 0 saturated carbocycles. The summed E-state index contributed by atoms with van der Waals surface area (Å²) in [6, 6.07) is -1.21. The average Bonchev–Trinajstić information content (AvgIpc) is 3.48. The summed E-state index contributed by atoms with van der Waals surface area (Å²) >= 11 is 1.89. The van der Waals surface area contributed by atoms with E-state index in [1.807, 2.05) is 0 Å². The quantitative estimate of drug-likeness (QED) is 0.0254. The Morgan fingerprint density at radius 1 is 1.26 bits per heavy atom. The Labute approximate surface area is 268 Å². The van der Waals surface area contributed by atoms with Gasteiger partial charge in [0.25, 0.3) is 18.7 Å². The number of nitrogens with one attached hydrogen (secondary N) is 3. The van der Waals surface area contributed by atoms with Crippen LogP contribution in [0, 0.1) is 5.41 Å². The lowest BCUT2D eigenvalue weighted by Gasteiger charge is -2.49. The highest BCUT2D eigenvalue weighted by Crippen LogP contribution is 2.41. The van der Waals surface area contributed by atoms with E-state index in [4.69, 9.17) is 36.9 Å². The fourth-order valence-electron chi connectivity index (χ4n) is 4.47. The lowest BCUT2D eigenvalue weighted by Crippen LogP contribution is -2.71. The molecular formula is C23H31FN12O8S2. The maximum absolute atomic E-state index is 13.6. The molecule has 9 N–H and O–H groups in total. The first kappa shape index (κ1) is 34.3. The molecule has 0 aromatic carbocycles. The van der Waals surface area contributed by atoms with E-state index in [1.165, 1.54) is 6.92 Å². The van der Waals surface area contributed by atoms with E-state index >= 15 is 0 Å². The van der Waals surface area contributed by atoms with Gasteiger partial charge in [-0.1, -0.05) is 5.16 Å². The van der Waals surface area contributed by atoms with Crippen molar-refractivity contribution in [3.05, 3.63) is 17.1 Å². The molecule has 2 saturated heterocycles. The summed E-state index contributed by atoms with van der Waals surface area (Å²) in [5, 5.41) is 20.8. The molecule has 3 atom stereocenters. The smallest absolute Gasteiger partial charge is 0.433 e. The van der Waals surface area contributed by atoms with Crippen molar-refractivity contribution in [2.45, 2.75) is 24.6 Å². The van der Waals surface area contributed by atoms with Crippen LogP contribution >= 0.6 is 23.3 Å². The molecule has 46 heavy (non-hydrogen) atoms. The number of hydrazone groups is 1. The Bertz CT molecular complexity index is 1450. The highest BCUT2D eigenvalue weighted by molar-refractivity contribution is 8.00. The number of hydrogen-bond donors (Lipinski definition) is 6. The van der Waals surface area contributed by atoms with Crippen molar-refractivity contribution in [1.82, 2.24) is 29.8 Å². The summed E-state index contributed by atoms with van der Waals surface area (Å²) < 4.78 is 31.5. The summed E-state index contributed by atoms with van der Waals surface area (Å²) in [4.78, 5) is 63.1. The third-order valence-corrected chi connectivity index (χ3v) is 8.29. The summed E-state index contributed by atoms with van der Waals surface area (Å²) in [6.07, 6.45) is -2.61. The molecule has 0 aliphatic carbocycles. The highest BCUT2D eigenvalue weighted by Gasteiger charge is 2.55. The molecule has 1 aromatic heterocycles. The minimum Gasteiger partial charge on any atom is -0.433 e. The second-order valence-corrected chi connectivity index (χ2v) is 11.3. The molecular weight excluding hydrogens is 655 g/mol. The van der Waals surface area contributed by atoms with Gasteiger partial charge < -0.3 is 51.9 Å². The number of anilines is 1. The molecule has 3 unspecified atom stereocenters. The molecule has 1 aromatic rings. The number of carbonyl (C=O) groups is 4. The third kappa shape index (κ3) is 7.60.